The quantitative estimate of drug-likeness (QED) is 0.847. The molecule has 1 aromatic rings. The third-order valence-corrected chi connectivity index (χ3v) is 3.47. The zero-order chi connectivity index (χ0) is 16.5. The summed E-state index contributed by atoms with van der Waals surface area (Å²) < 4.78 is 40.3. The number of carbonyl (C=O) groups excluding carboxylic acids is 1. The van der Waals surface area contributed by atoms with Crippen LogP contribution < -0.4 is 4.74 Å². The van der Waals surface area contributed by atoms with E-state index in [1.54, 1.807) is 0 Å². The summed E-state index contributed by atoms with van der Waals surface area (Å²) in [7, 11) is 1.42. The van der Waals surface area contributed by atoms with Crippen molar-refractivity contribution in [2.75, 3.05) is 7.05 Å². The van der Waals surface area contributed by atoms with E-state index >= 15 is 0 Å². The highest BCUT2D eigenvalue weighted by Gasteiger charge is 2.58. The molecule has 1 saturated carbocycles. The number of carbonyl (C=O) groups is 2. The smallest absolute Gasteiger partial charge is 0.480 e. The summed E-state index contributed by atoms with van der Waals surface area (Å²) in [4.78, 5) is 24.4. The number of hydrogen-bond donors (Lipinski definition) is 1. The lowest BCUT2D eigenvalue weighted by Crippen LogP contribution is -2.38. The van der Waals surface area contributed by atoms with Crippen LogP contribution in [-0.4, -0.2) is 35.3 Å². The maximum Gasteiger partial charge on any atom is 0.573 e. The Kier molecular flexibility index (Phi) is 4.04. The van der Waals surface area contributed by atoms with Gasteiger partial charge in [-0.15, -0.1) is 13.2 Å². The van der Waals surface area contributed by atoms with Crippen LogP contribution in [0, 0.1) is 5.41 Å². The molecule has 1 fully saturated rings. The van der Waals surface area contributed by atoms with Gasteiger partial charge in [0.2, 0.25) is 5.91 Å². The van der Waals surface area contributed by atoms with Crippen molar-refractivity contribution in [2.24, 2.45) is 5.41 Å². The first-order valence-corrected chi connectivity index (χ1v) is 6.48. The van der Waals surface area contributed by atoms with Crippen LogP contribution >= 0.6 is 0 Å². The van der Waals surface area contributed by atoms with Crippen molar-refractivity contribution in [1.82, 2.24) is 4.90 Å². The molecule has 0 aromatic heterocycles. The molecule has 0 spiro atoms. The molecule has 0 atom stereocenters. The number of carboxylic acid groups (broad SMARTS) is 1. The van der Waals surface area contributed by atoms with E-state index in [0.29, 0.717) is 5.56 Å². The number of amides is 1. The molecular weight excluding hydrogens is 303 g/mol. The summed E-state index contributed by atoms with van der Waals surface area (Å²) in [5, 5.41) is 9.07. The fourth-order valence-electron chi connectivity index (χ4n) is 2.20. The van der Waals surface area contributed by atoms with Crippen LogP contribution in [-0.2, 0) is 16.1 Å². The lowest BCUT2D eigenvalue weighted by Gasteiger charge is -2.21. The Balaban J connectivity index is 2.06. The van der Waals surface area contributed by atoms with Crippen LogP contribution in [0.1, 0.15) is 18.4 Å². The molecule has 0 aliphatic heterocycles. The summed E-state index contributed by atoms with van der Waals surface area (Å²) in [6, 6.07) is 5.22. The summed E-state index contributed by atoms with van der Waals surface area (Å²) in [6.07, 6.45) is -4.23. The molecule has 2 rings (SSSR count). The van der Waals surface area contributed by atoms with Crippen molar-refractivity contribution in [3.8, 4) is 5.75 Å². The highest BCUT2D eigenvalue weighted by atomic mass is 19.4. The van der Waals surface area contributed by atoms with Gasteiger partial charge in [0, 0.05) is 13.6 Å². The van der Waals surface area contributed by atoms with Crippen molar-refractivity contribution in [1.29, 1.82) is 0 Å². The van der Waals surface area contributed by atoms with Gasteiger partial charge in [0.05, 0.1) is 0 Å². The Morgan fingerprint density at radius 3 is 2.50 bits per heavy atom. The van der Waals surface area contributed by atoms with E-state index in [1.807, 2.05) is 0 Å². The molecule has 1 N–H and O–H groups in total. The lowest BCUT2D eigenvalue weighted by molar-refractivity contribution is -0.274. The minimum atomic E-state index is -4.79. The number of hydrogen-bond acceptors (Lipinski definition) is 3. The highest BCUT2D eigenvalue weighted by Crippen LogP contribution is 2.47. The number of carboxylic acids is 1. The fourth-order valence-corrected chi connectivity index (χ4v) is 2.20. The van der Waals surface area contributed by atoms with E-state index in [9.17, 15) is 22.8 Å². The van der Waals surface area contributed by atoms with Crippen LogP contribution in [0.15, 0.2) is 24.3 Å². The van der Waals surface area contributed by atoms with Gasteiger partial charge in [0.15, 0.2) is 0 Å². The fraction of sp³-hybridized carbons (Fsp3) is 0.429. The second kappa shape index (κ2) is 5.51. The van der Waals surface area contributed by atoms with Crippen LogP contribution in [0.3, 0.4) is 0 Å². The second-order valence-corrected chi connectivity index (χ2v) is 5.24. The Hall–Kier alpha value is -2.25. The number of ether oxygens (including phenoxy) is 1. The molecule has 8 heteroatoms. The Labute approximate surface area is 124 Å². The van der Waals surface area contributed by atoms with Gasteiger partial charge >= 0.3 is 12.3 Å². The Morgan fingerprint density at radius 2 is 2.00 bits per heavy atom. The molecule has 0 saturated heterocycles. The van der Waals surface area contributed by atoms with Gasteiger partial charge in [-0.3, -0.25) is 9.59 Å². The SMILES string of the molecule is CN(Cc1cccc(OC(F)(F)F)c1)C(=O)C1(C(=O)O)CC1. The Morgan fingerprint density at radius 1 is 1.36 bits per heavy atom. The summed E-state index contributed by atoms with van der Waals surface area (Å²) in [5.41, 5.74) is -0.951. The van der Waals surface area contributed by atoms with Gasteiger partial charge in [-0.25, -0.2) is 0 Å². The summed E-state index contributed by atoms with van der Waals surface area (Å²) in [5.74, 6) is -2.09. The molecule has 5 nitrogen and oxygen atoms in total. The molecule has 22 heavy (non-hydrogen) atoms. The van der Waals surface area contributed by atoms with Crippen molar-refractivity contribution in [2.45, 2.75) is 25.7 Å². The maximum absolute atomic E-state index is 12.2. The van der Waals surface area contributed by atoms with Gasteiger partial charge in [0.25, 0.3) is 0 Å². The Bertz CT molecular complexity index is 596. The average molecular weight is 317 g/mol. The van der Waals surface area contributed by atoms with Crippen LogP contribution in [0.5, 0.6) is 5.75 Å². The molecule has 120 valence electrons. The van der Waals surface area contributed by atoms with Crippen molar-refractivity contribution >= 4 is 11.9 Å². The molecule has 0 radical (unpaired) electrons. The van der Waals surface area contributed by atoms with Crippen molar-refractivity contribution in [3.05, 3.63) is 29.8 Å². The first-order valence-electron chi connectivity index (χ1n) is 6.48. The molecule has 0 heterocycles. The number of aliphatic carboxylic acids is 1. The third kappa shape index (κ3) is 3.49. The standard InChI is InChI=1S/C14H14F3NO4/c1-18(11(19)13(5-6-13)12(20)21)8-9-3-2-4-10(7-9)22-14(15,16)17/h2-4,7H,5-6,8H2,1H3,(H,20,21). The highest BCUT2D eigenvalue weighted by molar-refractivity contribution is 6.04. The van der Waals surface area contributed by atoms with Gasteiger partial charge in [-0.2, -0.15) is 0 Å². The van der Waals surface area contributed by atoms with E-state index in [-0.39, 0.29) is 25.1 Å². The summed E-state index contributed by atoms with van der Waals surface area (Å²) in [6.45, 7) is 0.00290. The number of alkyl halides is 3. The number of benzene rings is 1. The molecule has 1 aromatic carbocycles. The van der Waals surface area contributed by atoms with Crippen molar-refractivity contribution < 1.29 is 32.6 Å². The lowest BCUT2D eigenvalue weighted by atomic mass is 10.1. The van der Waals surface area contributed by atoms with E-state index in [4.69, 9.17) is 5.11 Å². The minimum absolute atomic E-state index is 0.00290. The van der Waals surface area contributed by atoms with Crippen LogP contribution in [0.25, 0.3) is 0 Å². The molecular formula is C14H14F3NO4. The topological polar surface area (TPSA) is 66.8 Å². The van der Waals surface area contributed by atoms with Crippen LogP contribution in [0.2, 0.25) is 0 Å². The average Bonchev–Trinajstić information content (AvgIpc) is 3.17. The van der Waals surface area contributed by atoms with Gasteiger partial charge in [0.1, 0.15) is 11.2 Å². The molecule has 0 bridgehead atoms. The van der Waals surface area contributed by atoms with Gasteiger partial charge in [-0.1, -0.05) is 12.1 Å². The number of halogens is 3. The van der Waals surface area contributed by atoms with Crippen LogP contribution in [0.4, 0.5) is 13.2 Å². The molecule has 1 aliphatic carbocycles. The number of rotatable bonds is 5. The maximum atomic E-state index is 12.2. The predicted octanol–water partition coefficient (Wildman–Crippen LogP) is 2.41. The normalized spacial score (nSPS) is 16.0. The van der Waals surface area contributed by atoms with Crippen molar-refractivity contribution in [3.63, 3.8) is 0 Å². The predicted molar refractivity (Wildman–Crippen MR) is 68.9 cm³/mol. The second-order valence-electron chi connectivity index (χ2n) is 5.24. The first kappa shape index (κ1) is 16.1. The van der Waals surface area contributed by atoms with E-state index in [1.165, 1.54) is 24.1 Å². The minimum Gasteiger partial charge on any atom is -0.480 e. The molecule has 1 amide bonds. The number of nitrogens with zero attached hydrogens (tertiary/aromatic N) is 1. The zero-order valence-corrected chi connectivity index (χ0v) is 11.7. The zero-order valence-electron chi connectivity index (χ0n) is 11.7. The molecule has 0 unspecified atom stereocenters. The largest absolute Gasteiger partial charge is 0.573 e. The third-order valence-electron chi connectivity index (χ3n) is 3.47. The van der Waals surface area contributed by atoms with Gasteiger partial charge < -0.3 is 14.7 Å². The van der Waals surface area contributed by atoms with E-state index < -0.39 is 23.7 Å². The first-order chi connectivity index (χ1) is 10.1. The van der Waals surface area contributed by atoms with Gasteiger partial charge in [-0.05, 0) is 30.5 Å². The monoisotopic (exact) mass is 317 g/mol. The van der Waals surface area contributed by atoms with E-state index in [0.717, 1.165) is 12.1 Å². The summed E-state index contributed by atoms with van der Waals surface area (Å²) >= 11 is 0. The van der Waals surface area contributed by atoms with E-state index in [2.05, 4.69) is 4.74 Å². The molecule has 1 aliphatic rings.